The molecule has 2 aromatic rings. The number of nitrogens with zero attached hydrogens (tertiary/aromatic N) is 1. The fourth-order valence-electron chi connectivity index (χ4n) is 1.69. The third-order valence-electron chi connectivity index (χ3n) is 2.68. The summed E-state index contributed by atoms with van der Waals surface area (Å²) in [7, 11) is 0. The Morgan fingerprint density at radius 2 is 1.95 bits per heavy atom. The molecular formula is C14H14ClN3O3. The second-order valence-electron chi connectivity index (χ2n) is 4.21. The van der Waals surface area contributed by atoms with E-state index in [1.54, 1.807) is 18.2 Å². The van der Waals surface area contributed by atoms with Crippen molar-refractivity contribution in [3.8, 4) is 5.75 Å². The highest BCUT2D eigenvalue weighted by molar-refractivity contribution is 6.33. The van der Waals surface area contributed by atoms with Crippen molar-refractivity contribution in [2.45, 2.75) is 0 Å². The van der Waals surface area contributed by atoms with Crippen LogP contribution in [0.15, 0.2) is 42.5 Å². The van der Waals surface area contributed by atoms with Gasteiger partial charge in [0.05, 0.1) is 15.6 Å². The molecule has 3 N–H and O–H groups in total. The number of non-ortho nitro benzene ring substituents is 1. The van der Waals surface area contributed by atoms with Crippen LogP contribution < -0.4 is 15.8 Å². The molecule has 0 aliphatic carbocycles. The molecule has 110 valence electrons. The molecule has 0 aromatic heterocycles. The number of nitro groups is 1. The maximum absolute atomic E-state index is 10.7. The molecule has 21 heavy (non-hydrogen) atoms. The standard InChI is InChI=1S/C14H14ClN3O3/c15-13-9-11(18(19)20)3-6-14(13)17-10-1-4-12(5-2-10)21-8-7-16/h1-6,9,17H,7-8,16H2. The van der Waals surface area contributed by atoms with Crippen molar-refractivity contribution < 1.29 is 9.66 Å². The van der Waals surface area contributed by atoms with Crippen LogP contribution in [0.25, 0.3) is 0 Å². The maximum Gasteiger partial charge on any atom is 0.271 e. The van der Waals surface area contributed by atoms with E-state index in [0.29, 0.717) is 18.8 Å². The van der Waals surface area contributed by atoms with Crippen molar-refractivity contribution in [3.63, 3.8) is 0 Å². The molecule has 0 bridgehead atoms. The lowest BCUT2D eigenvalue weighted by atomic mass is 10.2. The van der Waals surface area contributed by atoms with Gasteiger partial charge in [0.15, 0.2) is 0 Å². The number of nitrogens with one attached hydrogen (secondary N) is 1. The number of ether oxygens (including phenoxy) is 1. The van der Waals surface area contributed by atoms with Gasteiger partial charge in [-0.3, -0.25) is 10.1 Å². The third-order valence-corrected chi connectivity index (χ3v) is 3.00. The molecule has 0 fully saturated rings. The molecule has 0 unspecified atom stereocenters. The van der Waals surface area contributed by atoms with Crippen molar-refractivity contribution >= 4 is 28.7 Å². The number of halogens is 1. The van der Waals surface area contributed by atoms with Gasteiger partial charge in [-0.2, -0.15) is 0 Å². The normalized spacial score (nSPS) is 10.2. The summed E-state index contributed by atoms with van der Waals surface area (Å²) in [6, 6.07) is 11.5. The molecule has 0 aliphatic rings. The van der Waals surface area contributed by atoms with Gasteiger partial charge < -0.3 is 15.8 Å². The van der Waals surface area contributed by atoms with Crippen LogP contribution in [0.5, 0.6) is 5.75 Å². The van der Waals surface area contributed by atoms with Crippen molar-refractivity contribution in [2.75, 3.05) is 18.5 Å². The monoisotopic (exact) mass is 307 g/mol. The minimum atomic E-state index is -0.487. The Morgan fingerprint density at radius 1 is 1.24 bits per heavy atom. The SMILES string of the molecule is NCCOc1ccc(Nc2ccc([N+](=O)[O-])cc2Cl)cc1. The Morgan fingerprint density at radius 3 is 2.52 bits per heavy atom. The summed E-state index contributed by atoms with van der Waals surface area (Å²) in [5.41, 5.74) is 6.71. The Labute approximate surface area is 126 Å². The fourth-order valence-corrected chi connectivity index (χ4v) is 1.91. The van der Waals surface area contributed by atoms with Gasteiger partial charge >= 0.3 is 0 Å². The summed E-state index contributed by atoms with van der Waals surface area (Å²) in [5.74, 6) is 0.723. The summed E-state index contributed by atoms with van der Waals surface area (Å²) >= 11 is 6.02. The Balaban J connectivity index is 2.09. The van der Waals surface area contributed by atoms with Crippen molar-refractivity contribution in [2.24, 2.45) is 5.73 Å². The number of nitro benzene ring substituents is 1. The smallest absolute Gasteiger partial charge is 0.271 e. The Bertz CT molecular complexity index is 632. The second kappa shape index (κ2) is 6.92. The molecule has 0 amide bonds. The van der Waals surface area contributed by atoms with Crippen LogP contribution in [0.1, 0.15) is 0 Å². The van der Waals surface area contributed by atoms with E-state index in [9.17, 15) is 10.1 Å². The van der Waals surface area contributed by atoms with E-state index < -0.39 is 4.92 Å². The second-order valence-corrected chi connectivity index (χ2v) is 4.61. The number of hydrogen-bond acceptors (Lipinski definition) is 5. The van der Waals surface area contributed by atoms with Gasteiger partial charge in [0.1, 0.15) is 12.4 Å². The van der Waals surface area contributed by atoms with Crippen LogP contribution >= 0.6 is 11.6 Å². The third kappa shape index (κ3) is 4.08. The highest BCUT2D eigenvalue weighted by atomic mass is 35.5. The molecule has 7 heteroatoms. The zero-order chi connectivity index (χ0) is 15.2. The quantitative estimate of drug-likeness (QED) is 0.631. The van der Waals surface area contributed by atoms with E-state index in [0.717, 1.165) is 11.4 Å². The number of benzene rings is 2. The number of rotatable bonds is 6. The Kier molecular flexibility index (Phi) is 4.97. The summed E-state index contributed by atoms with van der Waals surface area (Å²) in [6.45, 7) is 0.916. The zero-order valence-corrected chi connectivity index (χ0v) is 11.8. The van der Waals surface area contributed by atoms with Crippen molar-refractivity contribution in [1.82, 2.24) is 0 Å². The molecule has 2 aromatic carbocycles. The lowest BCUT2D eigenvalue weighted by molar-refractivity contribution is -0.384. The van der Waals surface area contributed by atoms with E-state index in [-0.39, 0.29) is 10.7 Å². The van der Waals surface area contributed by atoms with Gasteiger partial charge in [-0.1, -0.05) is 11.6 Å². The minimum absolute atomic E-state index is 0.0453. The van der Waals surface area contributed by atoms with Crippen LogP contribution in [0.4, 0.5) is 17.1 Å². The topological polar surface area (TPSA) is 90.4 Å². The summed E-state index contributed by atoms with van der Waals surface area (Å²) in [6.07, 6.45) is 0. The molecule has 0 saturated carbocycles. The molecule has 0 atom stereocenters. The van der Waals surface area contributed by atoms with Crippen LogP contribution in [0.3, 0.4) is 0 Å². The number of hydrogen-bond donors (Lipinski definition) is 2. The van der Waals surface area contributed by atoms with Gasteiger partial charge in [0, 0.05) is 24.4 Å². The molecule has 0 heterocycles. The average Bonchev–Trinajstić information content (AvgIpc) is 2.48. The molecule has 2 rings (SSSR count). The first-order valence-electron chi connectivity index (χ1n) is 6.24. The lowest BCUT2D eigenvalue weighted by Crippen LogP contribution is -2.10. The van der Waals surface area contributed by atoms with Crippen molar-refractivity contribution in [1.29, 1.82) is 0 Å². The van der Waals surface area contributed by atoms with E-state index in [1.807, 2.05) is 12.1 Å². The first kappa shape index (κ1) is 15.1. The van der Waals surface area contributed by atoms with Gasteiger partial charge in [-0.05, 0) is 30.3 Å². The predicted octanol–water partition coefficient (Wildman–Crippen LogP) is 3.33. The highest BCUT2D eigenvalue weighted by Crippen LogP contribution is 2.29. The van der Waals surface area contributed by atoms with Gasteiger partial charge in [0.2, 0.25) is 0 Å². The number of nitrogens with two attached hydrogens (primary N) is 1. The number of anilines is 2. The molecule has 0 radical (unpaired) electrons. The van der Waals surface area contributed by atoms with Crippen molar-refractivity contribution in [3.05, 3.63) is 57.6 Å². The molecular weight excluding hydrogens is 294 g/mol. The molecule has 0 spiro atoms. The first-order chi connectivity index (χ1) is 10.1. The molecule has 0 saturated heterocycles. The summed E-state index contributed by atoms with van der Waals surface area (Å²) in [4.78, 5) is 10.2. The van der Waals surface area contributed by atoms with Crippen LogP contribution in [0, 0.1) is 10.1 Å². The zero-order valence-electron chi connectivity index (χ0n) is 11.1. The Hall–Kier alpha value is -2.31. The first-order valence-corrected chi connectivity index (χ1v) is 6.62. The average molecular weight is 308 g/mol. The van der Waals surface area contributed by atoms with Gasteiger partial charge in [-0.25, -0.2) is 0 Å². The van der Waals surface area contributed by atoms with E-state index >= 15 is 0 Å². The van der Waals surface area contributed by atoms with Crippen LogP contribution in [-0.4, -0.2) is 18.1 Å². The largest absolute Gasteiger partial charge is 0.492 e. The lowest BCUT2D eigenvalue weighted by Gasteiger charge is -2.09. The van der Waals surface area contributed by atoms with E-state index in [1.165, 1.54) is 12.1 Å². The summed E-state index contributed by atoms with van der Waals surface area (Å²) in [5, 5.41) is 14.0. The fraction of sp³-hybridized carbons (Fsp3) is 0.143. The highest BCUT2D eigenvalue weighted by Gasteiger charge is 2.09. The van der Waals surface area contributed by atoms with Crippen LogP contribution in [0.2, 0.25) is 5.02 Å². The van der Waals surface area contributed by atoms with E-state index in [4.69, 9.17) is 22.1 Å². The van der Waals surface area contributed by atoms with Crippen LogP contribution in [-0.2, 0) is 0 Å². The molecule has 6 nitrogen and oxygen atoms in total. The van der Waals surface area contributed by atoms with E-state index in [2.05, 4.69) is 5.32 Å². The predicted molar refractivity (Wildman–Crippen MR) is 82.4 cm³/mol. The molecule has 0 aliphatic heterocycles. The minimum Gasteiger partial charge on any atom is -0.492 e. The van der Waals surface area contributed by atoms with Gasteiger partial charge in [-0.15, -0.1) is 0 Å². The van der Waals surface area contributed by atoms with Gasteiger partial charge in [0.25, 0.3) is 5.69 Å². The maximum atomic E-state index is 10.7. The summed E-state index contributed by atoms with van der Waals surface area (Å²) < 4.78 is 5.37.